The number of aryl methyl sites for hydroxylation is 1. The van der Waals surface area contributed by atoms with Gasteiger partial charge in [0.05, 0.1) is 18.2 Å². The third kappa shape index (κ3) is 2.04. The average Bonchev–Trinajstić information content (AvgIpc) is 2.89. The van der Waals surface area contributed by atoms with E-state index in [0.29, 0.717) is 6.54 Å². The number of fused-ring (bicyclic) bond motifs is 5. The van der Waals surface area contributed by atoms with E-state index < -0.39 is 5.60 Å². The molecule has 0 radical (unpaired) electrons. The molecule has 1 aromatic rings. The highest BCUT2D eigenvalue weighted by molar-refractivity contribution is 5.74. The molecule has 1 saturated heterocycles. The summed E-state index contributed by atoms with van der Waals surface area (Å²) in [6.07, 6.45) is 8.65. The number of amides is 1. The van der Waals surface area contributed by atoms with Gasteiger partial charge in [-0.05, 0) is 43.1 Å². The summed E-state index contributed by atoms with van der Waals surface area (Å²) in [5.41, 5.74) is 1.25. The Balaban J connectivity index is 1.81. The molecule has 0 unspecified atom stereocenters. The third-order valence-electron chi connectivity index (χ3n) is 6.56. The van der Waals surface area contributed by atoms with Crippen LogP contribution in [0, 0.1) is 23.0 Å². The largest absolute Gasteiger partial charge is 0.619 e. The van der Waals surface area contributed by atoms with E-state index in [4.69, 9.17) is 0 Å². The van der Waals surface area contributed by atoms with Crippen LogP contribution in [-0.2, 0) is 11.2 Å². The van der Waals surface area contributed by atoms with Crippen molar-refractivity contribution in [2.24, 2.45) is 17.8 Å². The van der Waals surface area contributed by atoms with Crippen LogP contribution in [0.4, 0.5) is 0 Å². The lowest BCUT2D eigenvalue weighted by atomic mass is 9.64. The van der Waals surface area contributed by atoms with E-state index in [1.807, 2.05) is 17.0 Å². The molecule has 0 bridgehead atoms. The maximum atomic E-state index is 12.4. The number of β-amino-alcohol motifs (C(OH)–C–C–N with tert-alkyl or cyclic N) is 1. The summed E-state index contributed by atoms with van der Waals surface area (Å²) in [4.78, 5) is 14.2. The topological polar surface area (TPSA) is 67.5 Å². The van der Waals surface area contributed by atoms with E-state index in [1.54, 1.807) is 13.1 Å². The molecule has 0 spiro atoms. The van der Waals surface area contributed by atoms with Gasteiger partial charge in [-0.1, -0.05) is 6.08 Å². The Hall–Kier alpha value is -1.88. The molecule has 1 saturated carbocycles. The fraction of sp³-hybridized carbons (Fsp3) is 0.579. The monoisotopic (exact) mass is 328 g/mol. The minimum absolute atomic E-state index is 0.0155. The van der Waals surface area contributed by atoms with E-state index in [2.05, 4.69) is 6.58 Å². The predicted octanol–water partition coefficient (Wildman–Crippen LogP) is 1.73. The van der Waals surface area contributed by atoms with E-state index >= 15 is 0 Å². The summed E-state index contributed by atoms with van der Waals surface area (Å²) >= 11 is 0. The molecule has 5 nitrogen and oxygen atoms in total. The number of aliphatic hydroxyl groups is 1. The summed E-state index contributed by atoms with van der Waals surface area (Å²) in [6.45, 7) is 5.83. The van der Waals surface area contributed by atoms with Gasteiger partial charge >= 0.3 is 0 Å². The average molecular weight is 328 g/mol. The number of piperidine rings is 1. The van der Waals surface area contributed by atoms with Gasteiger partial charge in [-0.3, -0.25) is 4.79 Å². The number of likely N-dealkylation sites (tertiary alicyclic amines) is 1. The van der Waals surface area contributed by atoms with Crippen LogP contribution in [0.15, 0.2) is 31.1 Å². The van der Waals surface area contributed by atoms with Crippen molar-refractivity contribution >= 4 is 5.91 Å². The van der Waals surface area contributed by atoms with Crippen molar-refractivity contribution in [1.29, 1.82) is 0 Å². The van der Waals surface area contributed by atoms with Crippen molar-refractivity contribution in [3.8, 4) is 0 Å². The van der Waals surface area contributed by atoms with Crippen molar-refractivity contribution in [3.63, 3.8) is 0 Å². The molecular weight excluding hydrogens is 304 g/mol. The highest BCUT2D eigenvalue weighted by Gasteiger charge is 2.59. The highest BCUT2D eigenvalue weighted by Crippen LogP contribution is 2.56. The molecule has 5 atom stereocenters. The first-order valence-electron chi connectivity index (χ1n) is 8.79. The van der Waals surface area contributed by atoms with E-state index in [1.165, 1.54) is 6.20 Å². The summed E-state index contributed by atoms with van der Waals surface area (Å²) in [5, 5.41) is 23.0. The normalized spacial score (nSPS) is 37.3. The minimum Gasteiger partial charge on any atom is -0.619 e. The number of carbonyl (C=O) groups excluding carboxylic acids is 1. The number of aromatic nitrogens is 1. The molecule has 4 rings (SSSR count). The summed E-state index contributed by atoms with van der Waals surface area (Å²) in [5.74, 6) is 0.464. The molecule has 1 aliphatic heterocycles. The molecule has 5 heteroatoms. The Kier molecular flexibility index (Phi) is 3.46. The fourth-order valence-electron chi connectivity index (χ4n) is 5.51. The van der Waals surface area contributed by atoms with Gasteiger partial charge in [0.1, 0.15) is 0 Å². The molecule has 1 N–H and O–H groups in total. The second-order valence-corrected chi connectivity index (χ2v) is 7.60. The first kappa shape index (κ1) is 15.6. The third-order valence-corrected chi connectivity index (χ3v) is 6.56. The molecule has 1 aromatic heterocycles. The molecule has 3 aliphatic rings. The molecule has 2 fully saturated rings. The second kappa shape index (κ2) is 5.31. The summed E-state index contributed by atoms with van der Waals surface area (Å²) in [7, 11) is 0. The van der Waals surface area contributed by atoms with Gasteiger partial charge in [0.15, 0.2) is 12.4 Å². The van der Waals surface area contributed by atoms with E-state index in [0.717, 1.165) is 41.5 Å². The Bertz CT molecular complexity index is 704. The van der Waals surface area contributed by atoms with Crippen LogP contribution in [0.25, 0.3) is 0 Å². The lowest BCUT2D eigenvalue weighted by Crippen LogP contribution is -2.61. The van der Waals surface area contributed by atoms with Gasteiger partial charge in [0.2, 0.25) is 5.91 Å². The van der Waals surface area contributed by atoms with Crippen LogP contribution in [-0.4, -0.2) is 28.1 Å². The number of hydrogen-bond acceptors (Lipinski definition) is 3. The Labute approximate surface area is 142 Å². The molecule has 0 aromatic carbocycles. The number of hydrogen-bond donors (Lipinski definition) is 1. The highest BCUT2D eigenvalue weighted by atomic mass is 16.5. The van der Waals surface area contributed by atoms with Gasteiger partial charge < -0.3 is 15.2 Å². The fourth-order valence-corrected chi connectivity index (χ4v) is 5.51. The van der Waals surface area contributed by atoms with Gasteiger partial charge in [0.25, 0.3) is 0 Å². The standard InChI is InChI=1S/C19H24N2O3/c1-3-14-5-7-17-16-6-4-13-10-20(24)9-8-15(13)18(16)21(12(2)22)11-19(14,17)23/h3,8-10,14,16-18,23H,1,4-7,11H2,2H3/t14-,16+,17+,18-,19+/m1/s1. The van der Waals surface area contributed by atoms with Gasteiger partial charge in [0, 0.05) is 24.5 Å². The quantitative estimate of drug-likeness (QED) is 0.485. The minimum atomic E-state index is -0.862. The molecule has 128 valence electrons. The number of carbonyl (C=O) groups is 1. The zero-order valence-corrected chi connectivity index (χ0v) is 14.0. The van der Waals surface area contributed by atoms with Crippen molar-refractivity contribution in [2.45, 2.75) is 44.2 Å². The lowest BCUT2D eigenvalue weighted by Gasteiger charge is -2.54. The zero-order chi connectivity index (χ0) is 17.1. The maximum absolute atomic E-state index is 12.4. The van der Waals surface area contributed by atoms with Gasteiger partial charge in [-0.15, -0.1) is 6.58 Å². The first-order chi connectivity index (χ1) is 11.5. The Morgan fingerprint density at radius 1 is 1.50 bits per heavy atom. The van der Waals surface area contributed by atoms with Gasteiger partial charge in [-0.2, -0.15) is 4.73 Å². The van der Waals surface area contributed by atoms with Crippen LogP contribution in [0.2, 0.25) is 0 Å². The molecule has 1 amide bonds. The smallest absolute Gasteiger partial charge is 0.220 e. The molecule has 2 aliphatic carbocycles. The van der Waals surface area contributed by atoms with Crippen LogP contribution in [0.5, 0.6) is 0 Å². The van der Waals surface area contributed by atoms with Crippen molar-refractivity contribution < 1.29 is 14.6 Å². The van der Waals surface area contributed by atoms with E-state index in [-0.39, 0.29) is 29.7 Å². The lowest BCUT2D eigenvalue weighted by molar-refractivity contribution is -0.606. The second-order valence-electron chi connectivity index (χ2n) is 7.60. The maximum Gasteiger partial charge on any atom is 0.220 e. The molecular formula is C19H24N2O3. The first-order valence-corrected chi connectivity index (χ1v) is 8.79. The Morgan fingerprint density at radius 3 is 3.00 bits per heavy atom. The summed E-state index contributed by atoms with van der Waals surface area (Å²) in [6, 6.07) is 1.83. The summed E-state index contributed by atoms with van der Waals surface area (Å²) < 4.78 is 0.833. The SMILES string of the molecule is C=C[C@@H]1CC[C@H]2[C@@H]3CCc4c[n+]([O-])ccc4[C@H]3N(C(C)=O)C[C@]12O. The van der Waals surface area contributed by atoms with Crippen LogP contribution >= 0.6 is 0 Å². The van der Waals surface area contributed by atoms with E-state index in [9.17, 15) is 15.1 Å². The Morgan fingerprint density at radius 2 is 2.29 bits per heavy atom. The van der Waals surface area contributed by atoms with Crippen LogP contribution < -0.4 is 4.73 Å². The van der Waals surface area contributed by atoms with Crippen molar-refractivity contribution in [2.75, 3.05) is 6.54 Å². The van der Waals surface area contributed by atoms with Gasteiger partial charge in [-0.25, -0.2) is 0 Å². The molecule has 24 heavy (non-hydrogen) atoms. The predicted molar refractivity (Wildman–Crippen MR) is 88.7 cm³/mol. The van der Waals surface area contributed by atoms with Crippen molar-refractivity contribution in [3.05, 3.63) is 47.4 Å². The van der Waals surface area contributed by atoms with Crippen LogP contribution in [0.1, 0.15) is 43.4 Å². The number of pyridine rings is 1. The van der Waals surface area contributed by atoms with Crippen molar-refractivity contribution in [1.82, 2.24) is 4.90 Å². The zero-order valence-electron chi connectivity index (χ0n) is 14.0. The van der Waals surface area contributed by atoms with Crippen LogP contribution in [0.3, 0.4) is 0 Å². The molecule has 2 heterocycles. The number of nitrogens with zero attached hydrogens (tertiary/aromatic N) is 2. The number of rotatable bonds is 1.